The highest BCUT2D eigenvalue weighted by molar-refractivity contribution is 6.04. The lowest BCUT2D eigenvalue weighted by Gasteiger charge is -2.33. The molecule has 2 amide bonds. The Morgan fingerprint density at radius 1 is 1.14 bits per heavy atom. The molecule has 1 aromatic carbocycles. The van der Waals surface area contributed by atoms with Crippen molar-refractivity contribution in [1.82, 2.24) is 14.5 Å². The van der Waals surface area contributed by atoms with E-state index in [1.807, 2.05) is 6.92 Å². The summed E-state index contributed by atoms with van der Waals surface area (Å²) in [5, 5.41) is 3.28. The summed E-state index contributed by atoms with van der Waals surface area (Å²) in [6.45, 7) is 3.44. The predicted octanol–water partition coefficient (Wildman–Crippen LogP) is 2.85. The molecule has 3 heterocycles. The third-order valence-electron chi connectivity index (χ3n) is 6.03. The van der Waals surface area contributed by atoms with Gasteiger partial charge in [-0.1, -0.05) is 6.42 Å². The van der Waals surface area contributed by atoms with Crippen LogP contribution in [0.1, 0.15) is 57.7 Å². The SMILES string of the molecule is CC1CCCCN1C(=O)CC(=O)Nc1ccc2nc3n(c(=O)c2c1)CCCCC3. The van der Waals surface area contributed by atoms with Crippen molar-refractivity contribution in [2.24, 2.45) is 0 Å². The highest BCUT2D eigenvalue weighted by Gasteiger charge is 2.24. The molecule has 1 saturated heterocycles. The maximum Gasteiger partial charge on any atom is 0.261 e. The van der Waals surface area contributed by atoms with Crippen LogP contribution in [0, 0.1) is 0 Å². The van der Waals surface area contributed by atoms with Gasteiger partial charge in [0.05, 0.1) is 10.9 Å². The first-order valence-corrected chi connectivity index (χ1v) is 10.7. The van der Waals surface area contributed by atoms with E-state index >= 15 is 0 Å². The van der Waals surface area contributed by atoms with Crippen LogP contribution in [0.4, 0.5) is 5.69 Å². The van der Waals surface area contributed by atoms with E-state index in [0.717, 1.165) is 57.3 Å². The van der Waals surface area contributed by atoms with Crippen LogP contribution in [0.5, 0.6) is 0 Å². The average Bonchev–Trinajstić information content (AvgIpc) is 2.94. The molecule has 1 fully saturated rings. The van der Waals surface area contributed by atoms with Gasteiger partial charge in [-0.2, -0.15) is 0 Å². The third kappa shape index (κ3) is 4.18. The van der Waals surface area contributed by atoms with Crippen molar-refractivity contribution >= 4 is 28.4 Å². The Morgan fingerprint density at radius 2 is 1.97 bits per heavy atom. The molecule has 0 aliphatic carbocycles. The normalized spacial score (nSPS) is 19.5. The van der Waals surface area contributed by atoms with E-state index in [9.17, 15) is 14.4 Å². The number of aryl methyl sites for hydroxylation is 1. The van der Waals surface area contributed by atoms with Crippen LogP contribution < -0.4 is 10.9 Å². The molecule has 0 saturated carbocycles. The van der Waals surface area contributed by atoms with Gasteiger partial charge < -0.3 is 10.2 Å². The molecule has 154 valence electrons. The smallest absolute Gasteiger partial charge is 0.261 e. The van der Waals surface area contributed by atoms with Crippen molar-refractivity contribution in [2.45, 2.75) is 70.9 Å². The molecule has 7 nitrogen and oxygen atoms in total. The zero-order valence-corrected chi connectivity index (χ0v) is 16.9. The first-order valence-electron chi connectivity index (χ1n) is 10.7. The quantitative estimate of drug-likeness (QED) is 0.809. The summed E-state index contributed by atoms with van der Waals surface area (Å²) in [4.78, 5) is 44.3. The molecule has 0 bridgehead atoms. The van der Waals surface area contributed by atoms with Crippen molar-refractivity contribution in [3.05, 3.63) is 34.4 Å². The Kier molecular flexibility index (Phi) is 5.65. The van der Waals surface area contributed by atoms with Crippen LogP contribution in [-0.2, 0) is 22.6 Å². The lowest BCUT2D eigenvalue weighted by Crippen LogP contribution is -2.43. The number of rotatable bonds is 3. The molecule has 1 atom stereocenters. The second-order valence-electron chi connectivity index (χ2n) is 8.18. The van der Waals surface area contributed by atoms with Gasteiger partial charge in [-0.05, 0) is 57.2 Å². The molecular formula is C22H28N4O3. The molecule has 0 spiro atoms. The van der Waals surface area contributed by atoms with Crippen molar-refractivity contribution in [3.8, 4) is 0 Å². The van der Waals surface area contributed by atoms with Crippen LogP contribution in [0.25, 0.3) is 10.9 Å². The minimum Gasteiger partial charge on any atom is -0.340 e. The van der Waals surface area contributed by atoms with E-state index in [2.05, 4.69) is 10.3 Å². The summed E-state index contributed by atoms with van der Waals surface area (Å²) in [6.07, 6.45) is 6.88. The number of hydrogen-bond donors (Lipinski definition) is 1. The predicted molar refractivity (Wildman–Crippen MR) is 112 cm³/mol. The van der Waals surface area contributed by atoms with E-state index < -0.39 is 0 Å². The van der Waals surface area contributed by atoms with Crippen LogP contribution in [0.2, 0.25) is 0 Å². The maximum atomic E-state index is 12.9. The number of nitrogens with one attached hydrogen (secondary N) is 1. The Hall–Kier alpha value is -2.70. The number of benzene rings is 1. The monoisotopic (exact) mass is 396 g/mol. The average molecular weight is 396 g/mol. The van der Waals surface area contributed by atoms with Crippen LogP contribution in [-0.4, -0.2) is 38.9 Å². The fraction of sp³-hybridized carbons (Fsp3) is 0.545. The highest BCUT2D eigenvalue weighted by atomic mass is 16.2. The van der Waals surface area contributed by atoms with Crippen LogP contribution in [0.15, 0.2) is 23.0 Å². The van der Waals surface area contributed by atoms with E-state index in [-0.39, 0.29) is 29.8 Å². The first kappa shape index (κ1) is 19.6. The standard InChI is InChI=1S/C22H28N4O3/c1-15-7-4-6-11-25(15)21(28)14-20(27)23-16-9-10-18-17(13-16)22(29)26-12-5-2-3-8-19(26)24-18/h9-10,13,15H,2-8,11-12,14H2,1H3,(H,23,27). The van der Waals surface area contributed by atoms with Gasteiger partial charge in [-0.25, -0.2) is 4.98 Å². The van der Waals surface area contributed by atoms with Gasteiger partial charge >= 0.3 is 0 Å². The van der Waals surface area contributed by atoms with E-state index in [0.29, 0.717) is 23.1 Å². The van der Waals surface area contributed by atoms with E-state index in [1.165, 1.54) is 0 Å². The number of piperidine rings is 1. The summed E-state index contributed by atoms with van der Waals surface area (Å²) < 4.78 is 1.77. The minimum atomic E-state index is -0.352. The van der Waals surface area contributed by atoms with Gasteiger partial charge in [0.2, 0.25) is 11.8 Å². The molecule has 1 unspecified atom stereocenters. The number of likely N-dealkylation sites (tertiary alicyclic amines) is 1. The molecular weight excluding hydrogens is 368 g/mol. The topological polar surface area (TPSA) is 84.3 Å². The molecule has 1 N–H and O–H groups in total. The number of anilines is 1. The number of carbonyl (C=O) groups excluding carboxylic acids is 2. The number of hydrogen-bond acceptors (Lipinski definition) is 4. The second kappa shape index (κ2) is 8.35. The second-order valence-corrected chi connectivity index (χ2v) is 8.18. The van der Waals surface area contributed by atoms with Gasteiger partial charge in [-0.3, -0.25) is 19.0 Å². The number of aromatic nitrogens is 2. The molecule has 2 aliphatic rings. The fourth-order valence-electron chi connectivity index (χ4n) is 4.41. The van der Waals surface area contributed by atoms with Gasteiger partial charge in [0.15, 0.2) is 0 Å². The number of nitrogens with zero attached hydrogens (tertiary/aromatic N) is 3. The zero-order chi connectivity index (χ0) is 20.4. The molecule has 0 radical (unpaired) electrons. The number of amides is 2. The summed E-state index contributed by atoms with van der Waals surface area (Å²) >= 11 is 0. The number of carbonyl (C=O) groups is 2. The van der Waals surface area contributed by atoms with Crippen LogP contribution in [0.3, 0.4) is 0 Å². The molecule has 1 aromatic heterocycles. The summed E-state index contributed by atoms with van der Waals surface area (Å²) in [5.41, 5.74) is 1.12. The molecule has 4 rings (SSSR count). The first-order chi connectivity index (χ1) is 14.0. The third-order valence-corrected chi connectivity index (χ3v) is 6.03. The van der Waals surface area contributed by atoms with Crippen molar-refractivity contribution in [3.63, 3.8) is 0 Å². The molecule has 29 heavy (non-hydrogen) atoms. The summed E-state index contributed by atoms with van der Waals surface area (Å²) in [6, 6.07) is 5.38. The molecule has 7 heteroatoms. The summed E-state index contributed by atoms with van der Waals surface area (Å²) in [5.74, 6) is 0.357. The minimum absolute atomic E-state index is 0.0544. The van der Waals surface area contributed by atoms with Crippen molar-refractivity contribution < 1.29 is 9.59 Å². The molecule has 2 aromatic rings. The molecule has 2 aliphatic heterocycles. The van der Waals surface area contributed by atoms with Gasteiger partial charge in [-0.15, -0.1) is 0 Å². The summed E-state index contributed by atoms with van der Waals surface area (Å²) in [7, 11) is 0. The van der Waals surface area contributed by atoms with Gasteiger partial charge in [0, 0.05) is 31.2 Å². The largest absolute Gasteiger partial charge is 0.340 e. The Balaban J connectivity index is 1.50. The van der Waals surface area contributed by atoms with E-state index in [1.54, 1.807) is 27.7 Å². The number of fused-ring (bicyclic) bond motifs is 2. The zero-order valence-electron chi connectivity index (χ0n) is 16.9. The van der Waals surface area contributed by atoms with E-state index in [4.69, 9.17) is 0 Å². The highest BCUT2D eigenvalue weighted by Crippen LogP contribution is 2.20. The van der Waals surface area contributed by atoms with Crippen molar-refractivity contribution in [1.29, 1.82) is 0 Å². The van der Waals surface area contributed by atoms with Gasteiger partial charge in [0.25, 0.3) is 5.56 Å². The van der Waals surface area contributed by atoms with Crippen LogP contribution >= 0.6 is 0 Å². The fourth-order valence-corrected chi connectivity index (χ4v) is 4.41. The Bertz CT molecular complexity index is 997. The Morgan fingerprint density at radius 3 is 2.79 bits per heavy atom. The van der Waals surface area contributed by atoms with Crippen molar-refractivity contribution in [2.75, 3.05) is 11.9 Å². The lowest BCUT2D eigenvalue weighted by molar-refractivity contribution is -0.137. The Labute approximate surface area is 170 Å². The maximum absolute atomic E-state index is 12.9. The van der Waals surface area contributed by atoms with Gasteiger partial charge in [0.1, 0.15) is 12.2 Å². The lowest BCUT2D eigenvalue weighted by atomic mass is 10.0.